The van der Waals surface area contributed by atoms with E-state index in [2.05, 4.69) is 25.9 Å². The summed E-state index contributed by atoms with van der Waals surface area (Å²) >= 11 is 15.2. The van der Waals surface area contributed by atoms with E-state index in [-0.39, 0.29) is 0 Å². The Balaban J connectivity index is 2.07. The van der Waals surface area contributed by atoms with Crippen molar-refractivity contribution in [1.82, 2.24) is 9.97 Å². The fourth-order valence-corrected chi connectivity index (χ4v) is 2.59. The van der Waals surface area contributed by atoms with Gasteiger partial charge in [0.25, 0.3) is 0 Å². The van der Waals surface area contributed by atoms with E-state index in [0.717, 1.165) is 22.5 Å². The van der Waals surface area contributed by atoms with E-state index in [1.807, 2.05) is 54.6 Å². The SMILES string of the molecule is Clc1ccc(-c2cc(-c3ccc(Cl)cc3)nc(Br)n2)cc1. The molecular weight excluding hydrogens is 371 g/mol. The predicted octanol–water partition coefficient (Wildman–Crippen LogP) is 5.88. The molecule has 0 spiro atoms. The third-order valence-corrected chi connectivity index (χ3v) is 3.84. The van der Waals surface area contributed by atoms with Gasteiger partial charge in [-0.15, -0.1) is 0 Å². The second kappa shape index (κ2) is 6.14. The van der Waals surface area contributed by atoms with E-state index in [4.69, 9.17) is 23.2 Å². The van der Waals surface area contributed by atoms with Crippen LogP contribution in [-0.4, -0.2) is 9.97 Å². The maximum atomic E-state index is 5.92. The van der Waals surface area contributed by atoms with Crippen molar-refractivity contribution in [2.24, 2.45) is 0 Å². The van der Waals surface area contributed by atoms with Crippen molar-refractivity contribution in [3.8, 4) is 22.5 Å². The molecule has 1 heterocycles. The minimum Gasteiger partial charge on any atom is -0.222 e. The van der Waals surface area contributed by atoms with Crippen LogP contribution < -0.4 is 0 Å². The lowest BCUT2D eigenvalue weighted by Crippen LogP contribution is -1.92. The van der Waals surface area contributed by atoms with Crippen LogP contribution in [0.5, 0.6) is 0 Å². The molecule has 104 valence electrons. The highest BCUT2D eigenvalue weighted by Crippen LogP contribution is 2.27. The molecule has 5 heteroatoms. The quantitative estimate of drug-likeness (QED) is 0.519. The normalized spacial score (nSPS) is 10.6. The molecule has 3 rings (SSSR count). The largest absolute Gasteiger partial charge is 0.222 e. The van der Waals surface area contributed by atoms with Gasteiger partial charge in [-0.1, -0.05) is 47.5 Å². The van der Waals surface area contributed by atoms with E-state index in [1.54, 1.807) is 0 Å². The Bertz CT molecular complexity index is 708. The molecule has 0 unspecified atom stereocenters. The van der Waals surface area contributed by atoms with Gasteiger partial charge < -0.3 is 0 Å². The number of hydrogen-bond acceptors (Lipinski definition) is 2. The van der Waals surface area contributed by atoms with Gasteiger partial charge in [-0.05, 0) is 46.3 Å². The van der Waals surface area contributed by atoms with Crippen LogP contribution in [0, 0.1) is 0 Å². The van der Waals surface area contributed by atoms with Gasteiger partial charge in [0.05, 0.1) is 11.4 Å². The zero-order chi connectivity index (χ0) is 14.8. The van der Waals surface area contributed by atoms with Gasteiger partial charge in [0.2, 0.25) is 0 Å². The van der Waals surface area contributed by atoms with Gasteiger partial charge in [-0.25, -0.2) is 9.97 Å². The second-order valence-corrected chi connectivity index (χ2v) is 6.00. The lowest BCUT2D eigenvalue weighted by Gasteiger charge is -2.06. The van der Waals surface area contributed by atoms with Crippen LogP contribution in [0.15, 0.2) is 59.3 Å². The molecular formula is C16H9BrCl2N2. The summed E-state index contributed by atoms with van der Waals surface area (Å²) in [6.45, 7) is 0. The van der Waals surface area contributed by atoms with E-state index in [1.165, 1.54) is 0 Å². The molecule has 0 radical (unpaired) electrons. The number of halogens is 3. The molecule has 0 fully saturated rings. The fraction of sp³-hybridized carbons (Fsp3) is 0. The molecule has 21 heavy (non-hydrogen) atoms. The Morgan fingerprint density at radius 2 is 1.05 bits per heavy atom. The van der Waals surface area contributed by atoms with Crippen molar-refractivity contribution in [3.05, 3.63) is 69.4 Å². The Kier molecular flexibility index (Phi) is 4.24. The summed E-state index contributed by atoms with van der Waals surface area (Å²) in [5.74, 6) is 0. The molecule has 0 N–H and O–H groups in total. The summed E-state index contributed by atoms with van der Waals surface area (Å²) < 4.78 is 0.542. The Labute approximate surface area is 140 Å². The Morgan fingerprint density at radius 3 is 1.43 bits per heavy atom. The molecule has 0 aliphatic heterocycles. The monoisotopic (exact) mass is 378 g/mol. The molecule has 0 atom stereocenters. The summed E-state index contributed by atoms with van der Waals surface area (Å²) in [5, 5.41) is 1.40. The zero-order valence-electron chi connectivity index (χ0n) is 10.7. The van der Waals surface area contributed by atoms with Crippen LogP contribution in [0.4, 0.5) is 0 Å². The number of benzene rings is 2. The molecule has 0 saturated carbocycles. The third-order valence-electron chi connectivity index (χ3n) is 2.98. The smallest absolute Gasteiger partial charge is 0.197 e. The minimum atomic E-state index is 0.542. The molecule has 2 aromatic carbocycles. The Morgan fingerprint density at radius 1 is 0.667 bits per heavy atom. The average Bonchev–Trinajstić information content (AvgIpc) is 2.48. The first kappa shape index (κ1) is 14.5. The molecule has 3 aromatic rings. The molecule has 0 bridgehead atoms. The Hall–Kier alpha value is -1.42. The summed E-state index contributed by atoms with van der Waals surface area (Å²) in [4.78, 5) is 8.83. The van der Waals surface area contributed by atoms with Crippen LogP contribution in [0.3, 0.4) is 0 Å². The summed E-state index contributed by atoms with van der Waals surface area (Å²) in [6, 6.07) is 17.0. The van der Waals surface area contributed by atoms with Crippen LogP contribution in [0.25, 0.3) is 22.5 Å². The van der Waals surface area contributed by atoms with Crippen molar-refractivity contribution >= 4 is 39.1 Å². The zero-order valence-corrected chi connectivity index (χ0v) is 13.8. The topological polar surface area (TPSA) is 25.8 Å². The second-order valence-electron chi connectivity index (χ2n) is 4.42. The molecule has 0 saturated heterocycles. The van der Waals surface area contributed by atoms with Crippen LogP contribution in [0.1, 0.15) is 0 Å². The highest BCUT2D eigenvalue weighted by Gasteiger charge is 2.07. The molecule has 2 nitrogen and oxygen atoms in total. The molecule has 1 aromatic heterocycles. The summed E-state index contributed by atoms with van der Waals surface area (Å²) in [5.41, 5.74) is 3.63. The van der Waals surface area contributed by atoms with Gasteiger partial charge in [0.1, 0.15) is 0 Å². The molecule has 0 aliphatic rings. The van der Waals surface area contributed by atoms with E-state index in [0.29, 0.717) is 14.8 Å². The third kappa shape index (κ3) is 3.43. The van der Waals surface area contributed by atoms with Gasteiger partial charge >= 0.3 is 0 Å². The lowest BCUT2D eigenvalue weighted by molar-refractivity contribution is 1.12. The van der Waals surface area contributed by atoms with Crippen molar-refractivity contribution in [2.75, 3.05) is 0 Å². The summed E-state index contributed by atoms with van der Waals surface area (Å²) in [7, 11) is 0. The molecule has 0 aliphatic carbocycles. The fourth-order valence-electron chi connectivity index (χ4n) is 1.95. The number of nitrogens with zero attached hydrogens (tertiary/aromatic N) is 2. The van der Waals surface area contributed by atoms with E-state index < -0.39 is 0 Å². The van der Waals surface area contributed by atoms with Crippen molar-refractivity contribution in [3.63, 3.8) is 0 Å². The van der Waals surface area contributed by atoms with Crippen LogP contribution in [-0.2, 0) is 0 Å². The van der Waals surface area contributed by atoms with Crippen molar-refractivity contribution < 1.29 is 0 Å². The van der Waals surface area contributed by atoms with Crippen molar-refractivity contribution in [1.29, 1.82) is 0 Å². The number of rotatable bonds is 2. The van der Waals surface area contributed by atoms with Gasteiger partial charge in [0.15, 0.2) is 4.73 Å². The standard InChI is InChI=1S/C16H9BrCl2N2/c17-16-20-14(10-1-5-12(18)6-2-10)9-15(21-16)11-3-7-13(19)8-4-11/h1-9H. The average molecular weight is 380 g/mol. The van der Waals surface area contributed by atoms with Crippen molar-refractivity contribution in [2.45, 2.75) is 0 Å². The van der Waals surface area contributed by atoms with E-state index in [9.17, 15) is 0 Å². The highest BCUT2D eigenvalue weighted by molar-refractivity contribution is 9.10. The number of aromatic nitrogens is 2. The van der Waals surface area contributed by atoms with Crippen LogP contribution in [0.2, 0.25) is 10.0 Å². The summed E-state index contributed by atoms with van der Waals surface area (Å²) in [6.07, 6.45) is 0. The van der Waals surface area contributed by atoms with Gasteiger partial charge in [0, 0.05) is 21.2 Å². The first-order valence-electron chi connectivity index (χ1n) is 6.18. The maximum Gasteiger partial charge on any atom is 0.197 e. The predicted molar refractivity (Wildman–Crippen MR) is 90.6 cm³/mol. The lowest BCUT2D eigenvalue weighted by atomic mass is 10.1. The number of hydrogen-bond donors (Lipinski definition) is 0. The first-order valence-corrected chi connectivity index (χ1v) is 7.73. The van der Waals surface area contributed by atoms with Gasteiger partial charge in [-0.2, -0.15) is 0 Å². The van der Waals surface area contributed by atoms with Crippen LogP contribution >= 0.6 is 39.1 Å². The van der Waals surface area contributed by atoms with Gasteiger partial charge in [-0.3, -0.25) is 0 Å². The first-order chi connectivity index (χ1) is 10.1. The minimum absolute atomic E-state index is 0.542. The molecule has 0 amide bonds. The maximum absolute atomic E-state index is 5.92. The van der Waals surface area contributed by atoms with E-state index >= 15 is 0 Å². The highest BCUT2D eigenvalue weighted by atomic mass is 79.9.